The molecule has 1 aromatic carbocycles. The van der Waals surface area contributed by atoms with Crippen molar-refractivity contribution in [2.75, 3.05) is 7.11 Å². The lowest BCUT2D eigenvalue weighted by Crippen LogP contribution is -2.55. The van der Waals surface area contributed by atoms with Crippen molar-refractivity contribution < 1.29 is 14.3 Å². The van der Waals surface area contributed by atoms with Crippen molar-refractivity contribution in [3.8, 4) is 17.6 Å². The van der Waals surface area contributed by atoms with Crippen molar-refractivity contribution >= 4 is 11.8 Å². The number of hydrogen-bond acceptors (Lipinski definition) is 3. The van der Waals surface area contributed by atoms with Crippen molar-refractivity contribution in [2.24, 2.45) is 5.41 Å². The number of methoxy groups -OCH3 is 1. The van der Waals surface area contributed by atoms with Gasteiger partial charge in [0.1, 0.15) is 5.75 Å². The number of nitrogens with zero attached hydrogens (tertiary/aromatic N) is 1. The number of hydrazine groups is 1. The smallest absolute Gasteiger partial charge is 0.314 e. The second-order valence-electron chi connectivity index (χ2n) is 7.45. The van der Waals surface area contributed by atoms with E-state index in [1.54, 1.807) is 24.3 Å². The topological polar surface area (TPSA) is 58.6 Å². The summed E-state index contributed by atoms with van der Waals surface area (Å²) in [5.41, 5.74) is 2.05. The van der Waals surface area contributed by atoms with Crippen molar-refractivity contribution in [1.29, 1.82) is 0 Å². The maximum absolute atomic E-state index is 12.9. The second-order valence-corrected chi connectivity index (χ2v) is 7.45. The molecule has 5 nitrogen and oxygen atoms in total. The number of rotatable bonds is 2. The zero-order valence-corrected chi connectivity index (χ0v) is 15.5. The van der Waals surface area contributed by atoms with Crippen LogP contribution in [0.2, 0.25) is 0 Å². The third-order valence-electron chi connectivity index (χ3n) is 2.98. The van der Waals surface area contributed by atoms with Gasteiger partial charge in [-0.1, -0.05) is 18.1 Å². The first kappa shape index (κ1) is 19.6. The summed E-state index contributed by atoms with van der Waals surface area (Å²) in [6.45, 7) is 11.2. The standard InChI is InChI=1S/C19H26N2O3/c1-18(2,3)13-12-16(22)20-21(19(4,5)6)17(23)14-10-8-9-11-15(14)24-7/h8-11H,1-7H3,(H,20,22). The van der Waals surface area contributed by atoms with E-state index >= 15 is 0 Å². The minimum atomic E-state index is -0.628. The summed E-state index contributed by atoms with van der Waals surface area (Å²) >= 11 is 0. The van der Waals surface area contributed by atoms with Gasteiger partial charge in [0.25, 0.3) is 5.91 Å². The van der Waals surface area contributed by atoms with Gasteiger partial charge in [-0.2, -0.15) is 0 Å². The molecule has 0 aliphatic carbocycles. The molecule has 0 aliphatic rings. The highest BCUT2D eigenvalue weighted by Gasteiger charge is 2.30. The van der Waals surface area contributed by atoms with E-state index in [1.807, 2.05) is 41.5 Å². The van der Waals surface area contributed by atoms with E-state index in [4.69, 9.17) is 4.74 Å². The van der Waals surface area contributed by atoms with Crippen LogP contribution in [0.3, 0.4) is 0 Å². The molecule has 0 spiro atoms. The molecule has 0 heterocycles. The quantitative estimate of drug-likeness (QED) is 0.670. The first-order valence-corrected chi connectivity index (χ1v) is 7.77. The van der Waals surface area contributed by atoms with Crippen molar-refractivity contribution in [3.63, 3.8) is 0 Å². The molecule has 0 saturated carbocycles. The molecule has 0 bridgehead atoms. The molecule has 1 rings (SSSR count). The molecule has 0 aliphatic heterocycles. The average molecular weight is 330 g/mol. The summed E-state index contributed by atoms with van der Waals surface area (Å²) in [5.74, 6) is 4.96. The van der Waals surface area contributed by atoms with Crippen LogP contribution < -0.4 is 10.2 Å². The van der Waals surface area contributed by atoms with Gasteiger partial charge in [-0.25, -0.2) is 5.01 Å². The summed E-state index contributed by atoms with van der Waals surface area (Å²) in [6.07, 6.45) is 0. The van der Waals surface area contributed by atoms with Crippen LogP contribution in [0.15, 0.2) is 24.3 Å². The molecule has 1 aromatic rings. The predicted octanol–water partition coefficient (Wildman–Crippen LogP) is 3.02. The summed E-state index contributed by atoms with van der Waals surface area (Å²) in [7, 11) is 1.50. The minimum absolute atomic E-state index is 0.295. The van der Waals surface area contributed by atoms with Gasteiger partial charge in [0.15, 0.2) is 0 Å². The van der Waals surface area contributed by atoms with E-state index in [0.717, 1.165) is 0 Å². The SMILES string of the molecule is COc1ccccc1C(=O)N(NC(=O)C#CC(C)(C)C)C(C)(C)C. The summed E-state index contributed by atoms with van der Waals surface area (Å²) in [5, 5.41) is 1.28. The second kappa shape index (κ2) is 7.39. The van der Waals surface area contributed by atoms with Crippen molar-refractivity contribution in [2.45, 2.75) is 47.1 Å². The molecule has 2 amide bonds. The molecule has 0 atom stereocenters. The van der Waals surface area contributed by atoms with Crippen LogP contribution >= 0.6 is 0 Å². The molecule has 0 unspecified atom stereocenters. The molecule has 0 aromatic heterocycles. The minimum Gasteiger partial charge on any atom is -0.496 e. The Hall–Kier alpha value is -2.48. The van der Waals surface area contributed by atoms with Crippen LogP contribution in [-0.2, 0) is 4.79 Å². The number of carbonyl (C=O) groups is 2. The van der Waals surface area contributed by atoms with Crippen LogP contribution in [0.5, 0.6) is 5.75 Å². The molecule has 0 fully saturated rings. The van der Waals surface area contributed by atoms with E-state index in [-0.39, 0.29) is 11.3 Å². The number of nitrogens with one attached hydrogen (secondary N) is 1. The maximum atomic E-state index is 12.9. The lowest BCUT2D eigenvalue weighted by atomic mass is 9.98. The maximum Gasteiger partial charge on any atom is 0.314 e. The normalized spacial score (nSPS) is 11.1. The highest BCUT2D eigenvalue weighted by atomic mass is 16.5. The Morgan fingerprint density at radius 1 is 1.08 bits per heavy atom. The van der Waals surface area contributed by atoms with Crippen molar-refractivity contribution in [1.82, 2.24) is 10.4 Å². The van der Waals surface area contributed by atoms with Gasteiger partial charge in [-0.05, 0) is 59.6 Å². The Bertz CT molecular complexity index is 670. The van der Waals surface area contributed by atoms with Gasteiger partial charge in [0.05, 0.1) is 18.2 Å². The van der Waals surface area contributed by atoms with E-state index in [9.17, 15) is 9.59 Å². The van der Waals surface area contributed by atoms with Gasteiger partial charge < -0.3 is 4.74 Å². The van der Waals surface area contributed by atoms with Gasteiger partial charge in [-0.3, -0.25) is 15.0 Å². The third kappa shape index (κ3) is 5.62. The highest BCUT2D eigenvalue weighted by Crippen LogP contribution is 2.22. The Morgan fingerprint density at radius 2 is 1.67 bits per heavy atom. The first-order valence-electron chi connectivity index (χ1n) is 7.77. The lowest BCUT2D eigenvalue weighted by molar-refractivity contribution is -0.121. The van der Waals surface area contributed by atoms with Gasteiger partial charge in [-0.15, -0.1) is 0 Å². The van der Waals surface area contributed by atoms with E-state index in [1.165, 1.54) is 12.1 Å². The first-order chi connectivity index (χ1) is 11.0. The van der Waals surface area contributed by atoms with Gasteiger partial charge >= 0.3 is 5.91 Å². The van der Waals surface area contributed by atoms with Gasteiger partial charge in [0, 0.05) is 5.41 Å². The number of hydrogen-bond donors (Lipinski definition) is 1. The van der Waals surface area contributed by atoms with Gasteiger partial charge in [0.2, 0.25) is 0 Å². The fourth-order valence-corrected chi connectivity index (χ4v) is 1.84. The number of benzene rings is 1. The zero-order valence-electron chi connectivity index (χ0n) is 15.5. The highest BCUT2D eigenvalue weighted by molar-refractivity contribution is 6.00. The van der Waals surface area contributed by atoms with Crippen LogP contribution in [0.4, 0.5) is 0 Å². The van der Waals surface area contributed by atoms with Crippen molar-refractivity contribution in [3.05, 3.63) is 29.8 Å². The van der Waals surface area contributed by atoms with Crippen LogP contribution in [0.1, 0.15) is 51.9 Å². The number of ether oxygens (including phenoxy) is 1. The summed E-state index contributed by atoms with van der Waals surface area (Å²) in [4.78, 5) is 25.0. The van der Waals surface area contributed by atoms with E-state index in [0.29, 0.717) is 11.3 Å². The number of carbonyl (C=O) groups excluding carboxylic acids is 2. The van der Waals surface area contributed by atoms with Crippen LogP contribution in [-0.4, -0.2) is 29.5 Å². The monoisotopic (exact) mass is 330 g/mol. The molecule has 0 saturated heterocycles. The Balaban J connectivity index is 3.12. The largest absolute Gasteiger partial charge is 0.496 e. The number of amides is 2. The fourth-order valence-electron chi connectivity index (χ4n) is 1.84. The molecule has 130 valence electrons. The van der Waals surface area contributed by atoms with Crippen LogP contribution in [0, 0.1) is 17.3 Å². The molecular weight excluding hydrogens is 304 g/mol. The average Bonchev–Trinajstić information content (AvgIpc) is 2.48. The summed E-state index contributed by atoms with van der Waals surface area (Å²) in [6, 6.07) is 6.89. The Labute approximate surface area is 144 Å². The molecule has 1 N–H and O–H groups in total. The molecular formula is C19H26N2O3. The Kier molecular flexibility index (Phi) is 6.03. The lowest BCUT2D eigenvalue weighted by Gasteiger charge is -2.35. The van der Waals surface area contributed by atoms with Crippen LogP contribution in [0.25, 0.3) is 0 Å². The predicted molar refractivity (Wildman–Crippen MR) is 94.3 cm³/mol. The fraction of sp³-hybridized carbons (Fsp3) is 0.474. The van der Waals surface area contributed by atoms with E-state index in [2.05, 4.69) is 17.3 Å². The Morgan fingerprint density at radius 3 is 2.17 bits per heavy atom. The zero-order chi connectivity index (χ0) is 18.5. The molecule has 0 radical (unpaired) electrons. The molecule has 24 heavy (non-hydrogen) atoms. The molecule has 5 heteroatoms. The third-order valence-corrected chi connectivity index (χ3v) is 2.98. The van der Waals surface area contributed by atoms with E-state index < -0.39 is 11.4 Å². The number of para-hydroxylation sites is 1. The summed E-state index contributed by atoms with van der Waals surface area (Å²) < 4.78 is 5.24.